The fraction of sp³-hybridized carbons (Fsp3) is 0.500. The van der Waals surface area contributed by atoms with Crippen LogP contribution in [0.4, 0.5) is 0 Å². The zero-order valence-electron chi connectivity index (χ0n) is 11.2. The normalized spacial score (nSPS) is 14.0. The van der Waals surface area contributed by atoms with E-state index in [1.54, 1.807) is 0 Å². The SMILES string of the molecule is CCC(C)NC(=O)CN[C@@H](C)c1ccc(Cl)cc1. The van der Waals surface area contributed by atoms with E-state index in [4.69, 9.17) is 11.6 Å². The summed E-state index contributed by atoms with van der Waals surface area (Å²) in [6.07, 6.45) is 0.943. The average Bonchev–Trinajstić information content (AvgIpc) is 2.36. The molecular weight excluding hydrogens is 248 g/mol. The summed E-state index contributed by atoms with van der Waals surface area (Å²) in [6, 6.07) is 8.00. The molecule has 0 heterocycles. The summed E-state index contributed by atoms with van der Waals surface area (Å²) in [5.74, 6) is 0.0326. The van der Waals surface area contributed by atoms with Gasteiger partial charge < -0.3 is 10.6 Å². The standard InChI is InChI=1S/C14H21ClN2O/c1-4-10(2)17-14(18)9-16-11(3)12-5-7-13(15)8-6-12/h5-8,10-11,16H,4,9H2,1-3H3,(H,17,18)/t10?,11-/m0/s1. The monoisotopic (exact) mass is 268 g/mol. The van der Waals surface area contributed by atoms with Gasteiger partial charge in [-0.1, -0.05) is 30.7 Å². The van der Waals surface area contributed by atoms with Crippen LogP contribution in [-0.2, 0) is 4.79 Å². The van der Waals surface area contributed by atoms with Crippen molar-refractivity contribution in [3.63, 3.8) is 0 Å². The van der Waals surface area contributed by atoms with Gasteiger partial charge in [-0.15, -0.1) is 0 Å². The predicted molar refractivity (Wildman–Crippen MR) is 75.8 cm³/mol. The van der Waals surface area contributed by atoms with Crippen LogP contribution in [-0.4, -0.2) is 18.5 Å². The fourth-order valence-corrected chi connectivity index (χ4v) is 1.67. The minimum Gasteiger partial charge on any atom is -0.353 e. The molecule has 0 aliphatic rings. The molecule has 0 aliphatic carbocycles. The molecule has 1 amide bonds. The van der Waals surface area contributed by atoms with Crippen molar-refractivity contribution in [3.8, 4) is 0 Å². The molecule has 0 bridgehead atoms. The predicted octanol–water partition coefficient (Wildman–Crippen LogP) is 2.91. The van der Waals surface area contributed by atoms with Gasteiger partial charge in [0.15, 0.2) is 0 Å². The minimum absolute atomic E-state index is 0.0326. The molecule has 1 unspecified atom stereocenters. The first-order valence-electron chi connectivity index (χ1n) is 6.31. The second kappa shape index (κ2) is 7.39. The lowest BCUT2D eigenvalue weighted by molar-refractivity contribution is -0.120. The summed E-state index contributed by atoms with van der Waals surface area (Å²) in [5, 5.41) is 6.84. The molecule has 3 nitrogen and oxygen atoms in total. The van der Waals surface area contributed by atoms with Crippen LogP contribution in [0.15, 0.2) is 24.3 Å². The highest BCUT2D eigenvalue weighted by atomic mass is 35.5. The molecular formula is C14H21ClN2O. The van der Waals surface area contributed by atoms with Crippen molar-refractivity contribution >= 4 is 17.5 Å². The summed E-state index contributed by atoms with van der Waals surface area (Å²) in [5.41, 5.74) is 1.12. The molecule has 4 heteroatoms. The number of nitrogens with one attached hydrogen (secondary N) is 2. The lowest BCUT2D eigenvalue weighted by Crippen LogP contribution is -2.39. The smallest absolute Gasteiger partial charge is 0.234 e. The van der Waals surface area contributed by atoms with Crippen LogP contribution in [0.3, 0.4) is 0 Å². The molecule has 100 valence electrons. The quantitative estimate of drug-likeness (QED) is 0.833. The second-order valence-corrected chi connectivity index (χ2v) is 4.97. The van der Waals surface area contributed by atoms with Crippen molar-refractivity contribution < 1.29 is 4.79 Å². The maximum atomic E-state index is 11.6. The first-order valence-corrected chi connectivity index (χ1v) is 6.69. The van der Waals surface area contributed by atoms with Gasteiger partial charge in [0.2, 0.25) is 5.91 Å². The molecule has 2 atom stereocenters. The highest BCUT2D eigenvalue weighted by Gasteiger charge is 2.09. The molecule has 18 heavy (non-hydrogen) atoms. The minimum atomic E-state index is 0.0326. The lowest BCUT2D eigenvalue weighted by atomic mass is 10.1. The van der Waals surface area contributed by atoms with Gasteiger partial charge in [0.25, 0.3) is 0 Å². The first kappa shape index (κ1) is 15.0. The zero-order valence-corrected chi connectivity index (χ0v) is 11.9. The van der Waals surface area contributed by atoms with Gasteiger partial charge in [0, 0.05) is 17.1 Å². The highest BCUT2D eigenvalue weighted by Crippen LogP contribution is 2.15. The van der Waals surface area contributed by atoms with Crippen LogP contribution in [0, 0.1) is 0 Å². The van der Waals surface area contributed by atoms with Crippen molar-refractivity contribution in [1.82, 2.24) is 10.6 Å². The Kier molecular flexibility index (Phi) is 6.16. The van der Waals surface area contributed by atoms with Gasteiger partial charge >= 0.3 is 0 Å². The van der Waals surface area contributed by atoms with Gasteiger partial charge in [0.1, 0.15) is 0 Å². The third-order valence-corrected chi connectivity index (χ3v) is 3.21. The zero-order chi connectivity index (χ0) is 13.5. The number of rotatable bonds is 6. The maximum absolute atomic E-state index is 11.6. The number of carbonyl (C=O) groups excluding carboxylic acids is 1. The van der Waals surface area contributed by atoms with Crippen molar-refractivity contribution in [1.29, 1.82) is 0 Å². The Hall–Kier alpha value is -1.06. The van der Waals surface area contributed by atoms with Crippen LogP contribution in [0.2, 0.25) is 5.02 Å². The van der Waals surface area contributed by atoms with E-state index in [1.807, 2.05) is 38.1 Å². The van der Waals surface area contributed by atoms with E-state index in [9.17, 15) is 4.79 Å². The molecule has 0 radical (unpaired) electrons. The molecule has 1 rings (SSSR count). The van der Waals surface area contributed by atoms with Gasteiger partial charge in [-0.2, -0.15) is 0 Å². The molecule has 0 aromatic heterocycles. The van der Waals surface area contributed by atoms with Crippen molar-refractivity contribution in [2.75, 3.05) is 6.54 Å². The Morgan fingerprint density at radius 1 is 1.28 bits per heavy atom. The van der Waals surface area contributed by atoms with E-state index in [-0.39, 0.29) is 18.0 Å². The Morgan fingerprint density at radius 3 is 2.44 bits per heavy atom. The highest BCUT2D eigenvalue weighted by molar-refractivity contribution is 6.30. The Balaban J connectivity index is 2.39. The van der Waals surface area contributed by atoms with Gasteiger partial charge in [-0.3, -0.25) is 4.79 Å². The molecule has 1 aromatic rings. The molecule has 1 aromatic carbocycles. The maximum Gasteiger partial charge on any atom is 0.234 e. The van der Waals surface area contributed by atoms with Crippen LogP contribution in [0.25, 0.3) is 0 Å². The molecule has 0 saturated carbocycles. The van der Waals surface area contributed by atoms with E-state index in [2.05, 4.69) is 17.6 Å². The summed E-state index contributed by atoms with van der Waals surface area (Å²) in [7, 11) is 0. The summed E-state index contributed by atoms with van der Waals surface area (Å²) in [6.45, 7) is 6.41. The molecule has 0 spiro atoms. The Labute approximate surface area is 114 Å². The fourth-order valence-electron chi connectivity index (χ4n) is 1.54. The largest absolute Gasteiger partial charge is 0.353 e. The van der Waals surface area contributed by atoms with Crippen LogP contribution >= 0.6 is 11.6 Å². The third kappa shape index (κ3) is 5.07. The molecule has 0 aliphatic heterocycles. The molecule has 0 saturated heterocycles. The van der Waals surface area contributed by atoms with Gasteiger partial charge in [0.05, 0.1) is 6.54 Å². The number of benzene rings is 1. The second-order valence-electron chi connectivity index (χ2n) is 4.53. The van der Waals surface area contributed by atoms with E-state index in [1.165, 1.54) is 0 Å². The van der Waals surface area contributed by atoms with Crippen molar-refractivity contribution in [2.45, 2.75) is 39.3 Å². The van der Waals surface area contributed by atoms with E-state index in [0.717, 1.165) is 17.0 Å². The van der Waals surface area contributed by atoms with Crippen molar-refractivity contribution in [3.05, 3.63) is 34.9 Å². The summed E-state index contributed by atoms with van der Waals surface area (Å²) >= 11 is 5.83. The summed E-state index contributed by atoms with van der Waals surface area (Å²) < 4.78 is 0. The first-order chi connectivity index (χ1) is 8.52. The summed E-state index contributed by atoms with van der Waals surface area (Å²) in [4.78, 5) is 11.6. The van der Waals surface area contributed by atoms with Gasteiger partial charge in [-0.05, 0) is 38.0 Å². The molecule has 0 fully saturated rings. The van der Waals surface area contributed by atoms with Crippen LogP contribution < -0.4 is 10.6 Å². The number of halogens is 1. The Bertz CT molecular complexity index is 378. The number of hydrogen-bond donors (Lipinski definition) is 2. The topological polar surface area (TPSA) is 41.1 Å². The molecule has 2 N–H and O–H groups in total. The number of hydrogen-bond acceptors (Lipinski definition) is 2. The van der Waals surface area contributed by atoms with Crippen molar-refractivity contribution in [2.24, 2.45) is 0 Å². The van der Waals surface area contributed by atoms with Crippen LogP contribution in [0.1, 0.15) is 38.8 Å². The third-order valence-electron chi connectivity index (χ3n) is 2.96. The van der Waals surface area contributed by atoms with Crippen LogP contribution in [0.5, 0.6) is 0 Å². The van der Waals surface area contributed by atoms with E-state index < -0.39 is 0 Å². The lowest BCUT2D eigenvalue weighted by Gasteiger charge is -2.16. The van der Waals surface area contributed by atoms with E-state index in [0.29, 0.717) is 6.54 Å². The number of carbonyl (C=O) groups is 1. The Morgan fingerprint density at radius 2 is 1.89 bits per heavy atom. The van der Waals surface area contributed by atoms with E-state index >= 15 is 0 Å². The number of amides is 1. The van der Waals surface area contributed by atoms with Gasteiger partial charge in [-0.25, -0.2) is 0 Å². The average molecular weight is 269 g/mol.